The van der Waals surface area contributed by atoms with Crippen molar-refractivity contribution in [2.24, 2.45) is 5.73 Å². The van der Waals surface area contributed by atoms with Crippen molar-refractivity contribution in [3.8, 4) is 5.88 Å². The van der Waals surface area contributed by atoms with Gasteiger partial charge in [-0.05, 0) is 25.0 Å². The number of nitrogens with two attached hydrogens (primary N) is 1. The average molecular weight is 238 g/mol. The third kappa shape index (κ3) is 4.71. The number of rotatable bonds is 7. The Morgan fingerprint density at radius 3 is 2.76 bits per heavy atom. The fourth-order valence-corrected chi connectivity index (χ4v) is 1.66. The standard InChI is InChI=1S/C13H22N2O2/c1-4-5-12-6-11(8-14)7-13(15-12)17-10(2)9-16-3/h6-7,10H,4-5,8-9,14H2,1-3H3. The summed E-state index contributed by atoms with van der Waals surface area (Å²) in [5, 5.41) is 0. The Hall–Kier alpha value is -1.13. The lowest BCUT2D eigenvalue weighted by Gasteiger charge is -2.14. The number of hydrogen-bond donors (Lipinski definition) is 1. The van der Waals surface area contributed by atoms with E-state index >= 15 is 0 Å². The summed E-state index contributed by atoms with van der Waals surface area (Å²) < 4.78 is 10.7. The van der Waals surface area contributed by atoms with Crippen LogP contribution in [0.2, 0.25) is 0 Å². The normalized spacial score (nSPS) is 12.5. The van der Waals surface area contributed by atoms with Gasteiger partial charge in [0.2, 0.25) is 5.88 Å². The van der Waals surface area contributed by atoms with Crippen LogP contribution in [-0.2, 0) is 17.7 Å². The van der Waals surface area contributed by atoms with Crippen molar-refractivity contribution in [2.75, 3.05) is 13.7 Å². The van der Waals surface area contributed by atoms with Crippen LogP contribution in [0.1, 0.15) is 31.5 Å². The minimum absolute atomic E-state index is 0.00463. The van der Waals surface area contributed by atoms with Crippen molar-refractivity contribution in [1.82, 2.24) is 4.98 Å². The van der Waals surface area contributed by atoms with Crippen molar-refractivity contribution in [3.63, 3.8) is 0 Å². The van der Waals surface area contributed by atoms with E-state index in [0.29, 0.717) is 19.0 Å². The van der Waals surface area contributed by atoms with Gasteiger partial charge in [-0.15, -0.1) is 0 Å². The van der Waals surface area contributed by atoms with E-state index in [4.69, 9.17) is 15.2 Å². The maximum absolute atomic E-state index is 5.69. The summed E-state index contributed by atoms with van der Waals surface area (Å²) in [5.74, 6) is 0.640. The minimum atomic E-state index is -0.00463. The van der Waals surface area contributed by atoms with Crippen LogP contribution in [0.3, 0.4) is 0 Å². The molecule has 17 heavy (non-hydrogen) atoms. The zero-order valence-corrected chi connectivity index (χ0v) is 10.9. The molecule has 0 aliphatic rings. The molecule has 1 rings (SSSR count). The van der Waals surface area contributed by atoms with Gasteiger partial charge in [-0.2, -0.15) is 0 Å². The highest BCUT2D eigenvalue weighted by Gasteiger charge is 2.07. The van der Waals surface area contributed by atoms with E-state index in [1.807, 2.05) is 19.1 Å². The van der Waals surface area contributed by atoms with Gasteiger partial charge in [0.1, 0.15) is 6.10 Å². The molecule has 0 amide bonds. The molecule has 1 heterocycles. The van der Waals surface area contributed by atoms with Gasteiger partial charge in [0.25, 0.3) is 0 Å². The first-order valence-electron chi connectivity index (χ1n) is 6.05. The van der Waals surface area contributed by atoms with Gasteiger partial charge in [-0.25, -0.2) is 4.98 Å². The van der Waals surface area contributed by atoms with E-state index in [2.05, 4.69) is 11.9 Å². The summed E-state index contributed by atoms with van der Waals surface area (Å²) in [6.07, 6.45) is 2.01. The second kappa shape index (κ2) is 7.25. The maximum atomic E-state index is 5.69. The first-order chi connectivity index (χ1) is 8.19. The van der Waals surface area contributed by atoms with E-state index in [1.54, 1.807) is 7.11 Å². The lowest BCUT2D eigenvalue weighted by molar-refractivity contribution is 0.0888. The smallest absolute Gasteiger partial charge is 0.214 e. The molecule has 1 unspecified atom stereocenters. The molecule has 96 valence electrons. The molecule has 1 aromatic heterocycles. The predicted octanol–water partition coefficient (Wildman–Crippen LogP) is 1.91. The number of aryl methyl sites for hydroxylation is 1. The third-order valence-corrected chi connectivity index (χ3v) is 2.38. The van der Waals surface area contributed by atoms with Crippen molar-refractivity contribution in [1.29, 1.82) is 0 Å². The molecule has 4 heteroatoms. The third-order valence-electron chi connectivity index (χ3n) is 2.38. The van der Waals surface area contributed by atoms with E-state index in [-0.39, 0.29) is 6.10 Å². The van der Waals surface area contributed by atoms with Crippen LogP contribution >= 0.6 is 0 Å². The Morgan fingerprint density at radius 2 is 2.18 bits per heavy atom. The van der Waals surface area contributed by atoms with Crippen molar-refractivity contribution in [2.45, 2.75) is 39.3 Å². The van der Waals surface area contributed by atoms with Gasteiger partial charge in [-0.1, -0.05) is 13.3 Å². The van der Waals surface area contributed by atoms with Crippen LogP contribution in [0, 0.1) is 0 Å². The summed E-state index contributed by atoms with van der Waals surface area (Å²) in [7, 11) is 1.66. The largest absolute Gasteiger partial charge is 0.472 e. The lowest BCUT2D eigenvalue weighted by atomic mass is 10.1. The Kier molecular flexibility index (Phi) is 5.94. The summed E-state index contributed by atoms with van der Waals surface area (Å²) in [4.78, 5) is 4.46. The molecular weight excluding hydrogens is 216 g/mol. The number of methoxy groups -OCH3 is 1. The van der Waals surface area contributed by atoms with Crippen LogP contribution < -0.4 is 10.5 Å². The summed E-state index contributed by atoms with van der Waals surface area (Å²) in [5.41, 5.74) is 7.76. The number of nitrogens with zero attached hydrogens (tertiary/aromatic N) is 1. The molecule has 0 bridgehead atoms. The van der Waals surface area contributed by atoms with Crippen LogP contribution in [0.5, 0.6) is 5.88 Å². The van der Waals surface area contributed by atoms with E-state index in [1.165, 1.54) is 0 Å². The molecule has 0 fully saturated rings. The molecular formula is C13H22N2O2. The second-order valence-corrected chi connectivity index (χ2v) is 4.14. The van der Waals surface area contributed by atoms with Crippen molar-refractivity contribution < 1.29 is 9.47 Å². The van der Waals surface area contributed by atoms with E-state index in [0.717, 1.165) is 24.1 Å². The molecule has 0 radical (unpaired) electrons. The van der Waals surface area contributed by atoms with Gasteiger partial charge < -0.3 is 15.2 Å². The first kappa shape index (κ1) is 13.9. The summed E-state index contributed by atoms with van der Waals surface area (Å²) in [6.45, 7) is 5.15. The van der Waals surface area contributed by atoms with Gasteiger partial charge in [0.05, 0.1) is 6.61 Å². The first-order valence-corrected chi connectivity index (χ1v) is 6.05. The summed E-state index contributed by atoms with van der Waals surface area (Å²) >= 11 is 0. The van der Waals surface area contributed by atoms with Gasteiger partial charge in [0.15, 0.2) is 0 Å². The minimum Gasteiger partial charge on any atom is -0.472 e. The molecule has 0 aromatic carbocycles. The Balaban J connectivity index is 2.79. The highest BCUT2D eigenvalue weighted by Crippen LogP contribution is 2.15. The fraction of sp³-hybridized carbons (Fsp3) is 0.615. The molecule has 0 spiro atoms. The van der Waals surface area contributed by atoms with Crippen molar-refractivity contribution >= 4 is 0 Å². The zero-order chi connectivity index (χ0) is 12.7. The topological polar surface area (TPSA) is 57.4 Å². The predicted molar refractivity (Wildman–Crippen MR) is 68.1 cm³/mol. The molecule has 2 N–H and O–H groups in total. The van der Waals surface area contributed by atoms with E-state index in [9.17, 15) is 0 Å². The number of pyridine rings is 1. The Labute approximate surface area is 103 Å². The summed E-state index contributed by atoms with van der Waals surface area (Å²) in [6, 6.07) is 3.93. The average Bonchev–Trinajstić information content (AvgIpc) is 2.29. The molecule has 0 saturated heterocycles. The SMILES string of the molecule is CCCc1cc(CN)cc(OC(C)COC)n1. The monoisotopic (exact) mass is 238 g/mol. The quantitative estimate of drug-likeness (QED) is 0.788. The molecule has 1 aromatic rings. The van der Waals surface area contributed by atoms with Gasteiger partial charge in [0, 0.05) is 25.4 Å². The second-order valence-electron chi connectivity index (χ2n) is 4.14. The van der Waals surface area contributed by atoms with Crippen LogP contribution in [0.15, 0.2) is 12.1 Å². The molecule has 0 aliphatic carbocycles. The van der Waals surface area contributed by atoms with Gasteiger partial charge in [-0.3, -0.25) is 0 Å². The highest BCUT2D eigenvalue weighted by atomic mass is 16.5. The van der Waals surface area contributed by atoms with Crippen LogP contribution in [-0.4, -0.2) is 24.8 Å². The van der Waals surface area contributed by atoms with Crippen LogP contribution in [0.25, 0.3) is 0 Å². The van der Waals surface area contributed by atoms with Gasteiger partial charge >= 0.3 is 0 Å². The molecule has 4 nitrogen and oxygen atoms in total. The highest BCUT2D eigenvalue weighted by molar-refractivity contribution is 5.25. The lowest BCUT2D eigenvalue weighted by Crippen LogP contribution is -2.19. The Morgan fingerprint density at radius 1 is 1.41 bits per heavy atom. The number of aromatic nitrogens is 1. The van der Waals surface area contributed by atoms with E-state index < -0.39 is 0 Å². The Bertz CT molecular complexity index is 342. The molecule has 0 saturated carbocycles. The van der Waals surface area contributed by atoms with Crippen LogP contribution in [0.4, 0.5) is 0 Å². The van der Waals surface area contributed by atoms with Crippen molar-refractivity contribution in [3.05, 3.63) is 23.4 Å². The zero-order valence-electron chi connectivity index (χ0n) is 10.9. The maximum Gasteiger partial charge on any atom is 0.214 e. The number of hydrogen-bond acceptors (Lipinski definition) is 4. The molecule has 1 atom stereocenters. The molecule has 0 aliphatic heterocycles. The fourth-order valence-electron chi connectivity index (χ4n) is 1.66. The number of ether oxygens (including phenoxy) is 2.